The average Bonchev–Trinajstić information content (AvgIpc) is 3.03. The first-order chi connectivity index (χ1) is 20.8. The van der Waals surface area contributed by atoms with Crippen LogP contribution in [0.15, 0.2) is 108 Å². The minimum absolute atomic E-state index is 0.00816. The molecular formula is C32H31N3O7S. The zero-order valence-electron chi connectivity index (χ0n) is 23.4. The van der Waals surface area contributed by atoms with E-state index in [1.165, 1.54) is 29.2 Å². The highest BCUT2D eigenvalue weighted by molar-refractivity contribution is 7.92. The second-order valence-corrected chi connectivity index (χ2v) is 11.3. The zero-order valence-corrected chi connectivity index (χ0v) is 24.3. The number of carbonyl (C=O) groups is 2. The smallest absolute Gasteiger partial charge is 0.265 e. The molecule has 0 aromatic heterocycles. The molecule has 2 N–H and O–H groups in total. The van der Waals surface area contributed by atoms with Crippen molar-refractivity contribution in [3.63, 3.8) is 0 Å². The van der Waals surface area contributed by atoms with Gasteiger partial charge in [-0.15, -0.1) is 0 Å². The lowest BCUT2D eigenvalue weighted by molar-refractivity contribution is -0.128. The summed E-state index contributed by atoms with van der Waals surface area (Å²) in [6, 6.07) is 28.8. The number of hydrogen-bond acceptors (Lipinski definition) is 7. The second-order valence-electron chi connectivity index (χ2n) is 9.60. The summed E-state index contributed by atoms with van der Waals surface area (Å²) in [5, 5.41) is 2.86. The quantitative estimate of drug-likeness (QED) is 0.262. The summed E-state index contributed by atoms with van der Waals surface area (Å²) in [7, 11) is -3.85. The molecule has 0 saturated carbocycles. The molecule has 0 saturated heterocycles. The standard InChI is InChI=1S/C32H31N3O7S/c1-2-40-25-14-12-24(13-15-25)34-43(38,39)27-18-16-26(17-19-27)41-22-31(36)35-21-30(42-29-11-7-6-10-28(29)35)32(37)33-20-23-8-4-3-5-9-23/h3-19,30,34H,2,20-22H2,1H3,(H,33,37). The largest absolute Gasteiger partial charge is 0.494 e. The summed E-state index contributed by atoms with van der Waals surface area (Å²) in [5.74, 6) is 0.644. The van der Waals surface area contributed by atoms with Crippen molar-refractivity contribution in [3.05, 3.63) is 109 Å². The van der Waals surface area contributed by atoms with Crippen molar-refractivity contribution >= 4 is 33.2 Å². The van der Waals surface area contributed by atoms with Crippen molar-refractivity contribution < 1.29 is 32.2 Å². The van der Waals surface area contributed by atoms with E-state index in [1.54, 1.807) is 48.5 Å². The lowest BCUT2D eigenvalue weighted by Crippen LogP contribution is -2.51. The number of para-hydroxylation sites is 2. The van der Waals surface area contributed by atoms with Gasteiger partial charge in [0.15, 0.2) is 12.7 Å². The number of fused-ring (bicyclic) bond motifs is 1. The normalized spacial score (nSPS) is 14.2. The molecule has 1 aliphatic rings. The van der Waals surface area contributed by atoms with Gasteiger partial charge >= 0.3 is 0 Å². The van der Waals surface area contributed by atoms with Gasteiger partial charge in [-0.25, -0.2) is 8.42 Å². The van der Waals surface area contributed by atoms with E-state index >= 15 is 0 Å². The van der Waals surface area contributed by atoms with E-state index in [2.05, 4.69) is 10.0 Å². The third kappa shape index (κ3) is 7.44. The van der Waals surface area contributed by atoms with Crippen LogP contribution in [0, 0.1) is 0 Å². The van der Waals surface area contributed by atoms with Crippen LogP contribution in [0.25, 0.3) is 0 Å². The third-order valence-corrected chi connectivity index (χ3v) is 7.99. The van der Waals surface area contributed by atoms with Crippen LogP contribution in [0.3, 0.4) is 0 Å². The highest BCUT2D eigenvalue weighted by atomic mass is 32.2. The molecular weight excluding hydrogens is 570 g/mol. The molecule has 2 amide bonds. The summed E-state index contributed by atoms with van der Waals surface area (Å²) in [5.41, 5.74) is 1.87. The molecule has 4 aromatic carbocycles. The van der Waals surface area contributed by atoms with Gasteiger partial charge in [0.2, 0.25) is 0 Å². The van der Waals surface area contributed by atoms with Crippen LogP contribution in [0.5, 0.6) is 17.2 Å². The van der Waals surface area contributed by atoms with Crippen LogP contribution in [0.4, 0.5) is 11.4 Å². The van der Waals surface area contributed by atoms with E-state index in [9.17, 15) is 18.0 Å². The first-order valence-corrected chi connectivity index (χ1v) is 15.2. The van der Waals surface area contributed by atoms with Gasteiger partial charge in [-0.2, -0.15) is 0 Å². The number of hydrogen-bond donors (Lipinski definition) is 2. The maximum absolute atomic E-state index is 13.3. The Hall–Kier alpha value is -5.03. The van der Waals surface area contributed by atoms with Gasteiger partial charge in [0.25, 0.3) is 21.8 Å². The molecule has 222 valence electrons. The highest BCUT2D eigenvalue weighted by Gasteiger charge is 2.33. The van der Waals surface area contributed by atoms with Crippen molar-refractivity contribution in [2.24, 2.45) is 0 Å². The number of nitrogens with zero attached hydrogens (tertiary/aromatic N) is 1. The van der Waals surface area contributed by atoms with Gasteiger partial charge in [-0.1, -0.05) is 42.5 Å². The van der Waals surface area contributed by atoms with Crippen molar-refractivity contribution in [2.75, 3.05) is 29.4 Å². The monoisotopic (exact) mass is 601 g/mol. The Morgan fingerprint density at radius 3 is 2.23 bits per heavy atom. The number of nitrogens with one attached hydrogen (secondary N) is 2. The summed E-state index contributed by atoms with van der Waals surface area (Å²) >= 11 is 0. The Morgan fingerprint density at radius 2 is 1.51 bits per heavy atom. The topological polar surface area (TPSA) is 123 Å². The highest BCUT2D eigenvalue weighted by Crippen LogP contribution is 2.33. The lowest BCUT2D eigenvalue weighted by Gasteiger charge is -2.34. The van der Waals surface area contributed by atoms with Gasteiger partial charge in [0.1, 0.15) is 17.2 Å². The summed E-state index contributed by atoms with van der Waals surface area (Å²) in [6.07, 6.45) is -0.907. The molecule has 43 heavy (non-hydrogen) atoms. The van der Waals surface area contributed by atoms with E-state index in [1.807, 2.05) is 37.3 Å². The van der Waals surface area contributed by atoms with E-state index in [-0.39, 0.29) is 29.9 Å². The average molecular weight is 602 g/mol. The molecule has 0 bridgehead atoms. The maximum atomic E-state index is 13.3. The minimum Gasteiger partial charge on any atom is -0.494 e. The molecule has 5 rings (SSSR count). The maximum Gasteiger partial charge on any atom is 0.265 e. The summed E-state index contributed by atoms with van der Waals surface area (Å²) < 4.78 is 45.2. The fourth-order valence-corrected chi connectivity index (χ4v) is 5.50. The van der Waals surface area contributed by atoms with Crippen LogP contribution in [-0.4, -0.2) is 46.1 Å². The molecule has 0 fully saturated rings. The van der Waals surface area contributed by atoms with Gasteiger partial charge in [-0.3, -0.25) is 14.3 Å². The molecule has 1 heterocycles. The summed E-state index contributed by atoms with van der Waals surface area (Å²) in [4.78, 5) is 27.7. The Bertz CT molecular complexity index is 1660. The molecule has 0 spiro atoms. The number of ether oxygens (including phenoxy) is 3. The minimum atomic E-state index is -3.85. The van der Waals surface area contributed by atoms with Gasteiger partial charge in [0.05, 0.1) is 23.7 Å². The predicted octanol–water partition coefficient (Wildman–Crippen LogP) is 4.38. The van der Waals surface area contributed by atoms with Crippen molar-refractivity contribution in [2.45, 2.75) is 24.5 Å². The lowest BCUT2D eigenvalue weighted by atomic mass is 10.1. The van der Waals surface area contributed by atoms with E-state index in [0.717, 1.165) is 5.56 Å². The molecule has 1 aliphatic heterocycles. The Labute approximate surface area is 250 Å². The number of sulfonamides is 1. The van der Waals surface area contributed by atoms with Crippen molar-refractivity contribution in [3.8, 4) is 17.2 Å². The molecule has 0 aliphatic carbocycles. The van der Waals surface area contributed by atoms with Crippen LogP contribution in [0.1, 0.15) is 12.5 Å². The summed E-state index contributed by atoms with van der Waals surface area (Å²) in [6.45, 7) is 2.39. The van der Waals surface area contributed by atoms with E-state index in [0.29, 0.717) is 41.8 Å². The molecule has 11 heteroatoms. The number of anilines is 2. The number of benzene rings is 4. The van der Waals surface area contributed by atoms with Crippen molar-refractivity contribution in [1.82, 2.24) is 5.32 Å². The Kier molecular flexibility index (Phi) is 9.11. The fourth-order valence-electron chi connectivity index (χ4n) is 4.44. The Balaban J connectivity index is 1.20. The fraction of sp³-hybridized carbons (Fsp3) is 0.188. The van der Waals surface area contributed by atoms with Gasteiger partial charge in [-0.05, 0) is 73.2 Å². The Morgan fingerprint density at radius 1 is 0.860 bits per heavy atom. The van der Waals surface area contributed by atoms with Gasteiger partial charge in [0, 0.05) is 12.2 Å². The predicted molar refractivity (Wildman–Crippen MR) is 162 cm³/mol. The number of amides is 2. The molecule has 10 nitrogen and oxygen atoms in total. The van der Waals surface area contributed by atoms with Crippen LogP contribution < -0.4 is 29.1 Å². The van der Waals surface area contributed by atoms with Crippen molar-refractivity contribution in [1.29, 1.82) is 0 Å². The van der Waals surface area contributed by atoms with Crippen LogP contribution >= 0.6 is 0 Å². The first kappa shape index (κ1) is 29.5. The van der Waals surface area contributed by atoms with Crippen LogP contribution in [0.2, 0.25) is 0 Å². The number of rotatable bonds is 11. The number of carbonyl (C=O) groups excluding carboxylic acids is 2. The molecule has 1 atom stereocenters. The van der Waals surface area contributed by atoms with E-state index < -0.39 is 16.1 Å². The van der Waals surface area contributed by atoms with E-state index in [4.69, 9.17) is 14.2 Å². The first-order valence-electron chi connectivity index (χ1n) is 13.7. The van der Waals surface area contributed by atoms with Crippen LogP contribution in [-0.2, 0) is 26.2 Å². The molecule has 0 radical (unpaired) electrons. The van der Waals surface area contributed by atoms with Gasteiger partial charge < -0.3 is 24.4 Å². The molecule has 4 aromatic rings. The SMILES string of the molecule is CCOc1ccc(NS(=O)(=O)c2ccc(OCC(=O)N3CC(C(=O)NCc4ccccc4)Oc4ccccc43)cc2)cc1. The second kappa shape index (κ2) is 13.3. The molecule has 1 unspecified atom stereocenters. The zero-order chi connectivity index (χ0) is 30.2. The third-order valence-electron chi connectivity index (χ3n) is 6.59.